The number of hydrogen-bond acceptors (Lipinski definition) is 4. The molecule has 4 aromatic carbocycles. The van der Waals surface area contributed by atoms with Gasteiger partial charge in [-0.3, -0.25) is 4.79 Å². The van der Waals surface area contributed by atoms with Crippen LogP contribution in [0.1, 0.15) is 5.56 Å². The standard InChI is InChI=1S/C26H20N2O3/c29-25(17-30-22-14-13-19-5-1-2-6-21(19)15-22)27-16-18-9-11-20(12-10-18)26-28-23-7-3-4-8-24(23)31-26/h1-15H,16-17H2,(H,27,29). The molecule has 1 N–H and O–H groups in total. The van der Waals surface area contributed by atoms with Crippen LogP contribution in [0.4, 0.5) is 0 Å². The number of para-hydroxylation sites is 2. The Bertz CT molecular complexity index is 1320. The molecule has 0 bridgehead atoms. The van der Waals surface area contributed by atoms with Crippen molar-refractivity contribution in [3.63, 3.8) is 0 Å². The Kier molecular flexibility index (Phi) is 5.07. The van der Waals surface area contributed by atoms with Crippen LogP contribution in [0.25, 0.3) is 33.3 Å². The summed E-state index contributed by atoms with van der Waals surface area (Å²) in [5, 5.41) is 5.11. The number of hydrogen-bond donors (Lipinski definition) is 1. The van der Waals surface area contributed by atoms with Crippen LogP contribution in [0.3, 0.4) is 0 Å². The Morgan fingerprint density at radius 2 is 1.65 bits per heavy atom. The second kappa shape index (κ2) is 8.32. The zero-order valence-electron chi connectivity index (χ0n) is 16.7. The topological polar surface area (TPSA) is 64.4 Å². The molecule has 0 fully saturated rings. The van der Waals surface area contributed by atoms with E-state index in [1.165, 1.54) is 0 Å². The van der Waals surface area contributed by atoms with Crippen molar-refractivity contribution < 1.29 is 13.9 Å². The Morgan fingerprint density at radius 1 is 0.871 bits per heavy atom. The van der Waals surface area contributed by atoms with Gasteiger partial charge in [-0.1, -0.05) is 54.6 Å². The summed E-state index contributed by atoms with van der Waals surface area (Å²) in [5.74, 6) is 1.09. The van der Waals surface area contributed by atoms with Crippen molar-refractivity contribution in [2.45, 2.75) is 6.54 Å². The summed E-state index contributed by atoms with van der Waals surface area (Å²) in [7, 11) is 0. The fourth-order valence-corrected chi connectivity index (χ4v) is 3.42. The smallest absolute Gasteiger partial charge is 0.258 e. The van der Waals surface area contributed by atoms with Crippen LogP contribution in [-0.2, 0) is 11.3 Å². The first-order valence-electron chi connectivity index (χ1n) is 10.1. The van der Waals surface area contributed by atoms with E-state index in [2.05, 4.69) is 10.3 Å². The van der Waals surface area contributed by atoms with Crippen LogP contribution >= 0.6 is 0 Å². The molecule has 152 valence electrons. The van der Waals surface area contributed by atoms with E-state index in [1.807, 2.05) is 91.0 Å². The highest BCUT2D eigenvalue weighted by molar-refractivity contribution is 5.84. The highest BCUT2D eigenvalue weighted by Gasteiger charge is 2.08. The van der Waals surface area contributed by atoms with Crippen molar-refractivity contribution in [3.8, 4) is 17.2 Å². The number of oxazole rings is 1. The van der Waals surface area contributed by atoms with E-state index in [9.17, 15) is 4.79 Å². The van der Waals surface area contributed by atoms with Crippen LogP contribution in [0.5, 0.6) is 5.75 Å². The third-order valence-electron chi connectivity index (χ3n) is 5.08. The number of fused-ring (bicyclic) bond motifs is 2. The molecule has 31 heavy (non-hydrogen) atoms. The van der Waals surface area contributed by atoms with Gasteiger partial charge in [0.25, 0.3) is 5.91 Å². The van der Waals surface area contributed by atoms with Gasteiger partial charge in [-0.2, -0.15) is 0 Å². The lowest BCUT2D eigenvalue weighted by Gasteiger charge is -2.09. The monoisotopic (exact) mass is 408 g/mol. The van der Waals surface area contributed by atoms with Gasteiger partial charge in [-0.15, -0.1) is 0 Å². The summed E-state index contributed by atoms with van der Waals surface area (Å²) in [6, 6.07) is 29.3. The number of ether oxygens (including phenoxy) is 1. The lowest BCUT2D eigenvalue weighted by Crippen LogP contribution is -2.28. The van der Waals surface area contributed by atoms with Crippen LogP contribution in [0.2, 0.25) is 0 Å². The van der Waals surface area contributed by atoms with Gasteiger partial charge >= 0.3 is 0 Å². The third kappa shape index (κ3) is 4.26. The molecule has 0 saturated carbocycles. The van der Waals surface area contributed by atoms with Crippen LogP contribution in [-0.4, -0.2) is 17.5 Å². The van der Waals surface area contributed by atoms with Crippen LogP contribution in [0.15, 0.2) is 95.4 Å². The van der Waals surface area contributed by atoms with Crippen molar-refractivity contribution in [3.05, 3.63) is 96.6 Å². The molecule has 0 aliphatic heterocycles. The van der Waals surface area contributed by atoms with Crippen molar-refractivity contribution in [1.82, 2.24) is 10.3 Å². The molecule has 5 nitrogen and oxygen atoms in total. The second-order valence-electron chi connectivity index (χ2n) is 7.26. The lowest BCUT2D eigenvalue weighted by atomic mass is 10.1. The predicted octanol–water partition coefficient (Wildman–Crippen LogP) is 5.34. The largest absolute Gasteiger partial charge is 0.484 e. The van der Waals surface area contributed by atoms with Gasteiger partial charge < -0.3 is 14.5 Å². The fraction of sp³-hybridized carbons (Fsp3) is 0.0769. The summed E-state index contributed by atoms with van der Waals surface area (Å²) < 4.78 is 11.4. The first kappa shape index (κ1) is 18.9. The summed E-state index contributed by atoms with van der Waals surface area (Å²) in [5.41, 5.74) is 3.48. The number of nitrogens with one attached hydrogen (secondary N) is 1. The van der Waals surface area contributed by atoms with Gasteiger partial charge in [0, 0.05) is 12.1 Å². The number of amides is 1. The van der Waals surface area contributed by atoms with E-state index < -0.39 is 0 Å². The maximum absolute atomic E-state index is 12.2. The van der Waals surface area contributed by atoms with Gasteiger partial charge in [0.15, 0.2) is 12.2 Å². The maximum atomic E-state index is 12.2. The Labute approximate surface area is 179 Å². The van der Waals surface area contributed by atoms with Crippen molar-refractivity contribution in [2.24, 2.45) is 0 Å². The molecule has 0 radical (unpaired) electrons. The molecule has 0 atom stereocenters. The van der Waals surface area contributed by atoms with E-state index in [0.29, 0.717) is 18.2 Å². The van der Waals surface area contributed by atoms with E-state index in [1.54, 1.807) is 0 Å². The quantitative estimate of drug-likeness (QED) is 0.412. The summed E-state index contributed by atoms with van der Waals surface area (Å²) in [6.45, 7) is 0.396. The van der Waals surface area contributed by atoms with Crippen LogP contribution in [0, 0.1) is 0 Å². The number of carbonyl (C=O) groups excluding carboxylic acids is 1. The third-order valence-corrected chi connectivity index (χ3v) is 5.08. The van der Waals surface area contributed by atoms with Crippen molar-refractivity contribution in [1.29, 1.82) is 0 Å². The first-order valence-corrected chi connectivity index (χ1v) is 10.1. The van der Waals surface area contributed by atoms with Crippen molar-refractivity contribution >= 4 is 27.8 Å². The Morgan fingerprint density at radius 3 is 2.48 bits per heavy atom. The first-order chi connectivity index (χ1) is 15.2. The Hall–Kier alpha value is -4.12. The van der Waals surface area contributed by atoms with E-state index in [4.69, 9.17) is 9.15 Å². The average Bonchev–Trinajstić information content (AvgIpc) is 3.26. The van der Waals surface area contributed by atoms with E-state index >= 15 is 0 Å². The molecule has 0 spiro atoms. The molecule has 1 heterocycles. The van der Waals surface area contributed by atoms with Gasteiger partial charge in [-0.25, -0.2) is 4.98 Å². The highest BCUT2D eigenvalue weighted by Crippen LogP contribution is 2.24. The number of carbonyl (C=O) groups is 1. The van der Waals surface area contributed by atoms with E-state index in [-0.39, 0.29) is 12.5 Å². The molecular weight excluding hydrogens is 388 g/mol. The minimum Gasteiger partial charge on any atom is -0.484 e. The van der Waals surface area contributed by atoms with Gasteiger partial charge in [-0.05, 0) is 52.7 Å². The minimum absolute atomic E-state index is 0.0284. The molecule has 0 aliphatic rings. The molecular formula is C26H20N2O3. The zero-order valence-corrected chi connectivity index (χ0v) is 16.7. The number of nitrogens with zero attached hydrogens (tertiary/aromatic N) is 1. The fourth-order valence-electron chi connectivity index (χ4n) is 3.42. The van der Waals surface area contributed by atoms with E-state index in [0.717, 1.165) is 33.0 Å². The lowest BCUT2D eigenvalue weighted by molar-refractivity contribution is -0.123. The zero-order chi connectivity index (χ0) is 21.0. The molecule has 0 unspecified atom stereocenters. The highest BCUT2D eigenvalue weighted by atomic mass is 16.5. The predicted molar refractivity (Wildman–Crippen MR) is 121 cm³/mol. The average molecular weight is 408 g/mol. The molecule has 0 aliphatic carbocycles. The maximum Gasteiger partial charge on any atom is 0.258 e. The Balaban J connectivity index is 1.16. The van der Waals surface area contributed by atoms with Gasteiger partial charge in [0.1, 0.15) is 11.3 Å². The van der Waals surface area contributed by atoms with Gasteiger partial charge in [0.05, 0.1) is 0 Å². The molecule has 5 rings (SSSR count). The number of aromatic nitrogens is 1. The number of rotatable bonds is 6. The second-order valence-corrected chi connectivity index (χ2v) is 7.26. The van der Waals surface area contributed by atoms with Crippen LogP contribution < -0.4 is 10.1 Å². The molecule has 0 saturated heterocycles. The molecule has 1 amide bonds. The number of benzene rings is 4. The molecule has 5 heteroatoms. The SMILES string of the molecule is O=C(COc1ccc2ccccc2c1)NCc1ccc(-c2nc3ccccc3o2)cc1. The molecule has 1 aromatic heterocycles. The minimum atomic E-state index is -0.170. The normalized spacial score (nSPS) is 11.0. The summed E-state index contributed by atoms with van der Waals surface area (Å²) >= 11 is 0. The molecule has 5 aromatic rings. The van der Waals surface area contributed by atoms with Gasteiger partial charge in [0.2, 0.25) is 5.89 Å². The van der Waals surface area contributed by atoms with Crippen molar-refractivity contribution in [2.75, 3.05) is 6.61 Å². The summed E-state index contributed by atoms with van der Waals surface area (Å²) in [4.78, 5) is 16.7. The summed E-state index contributed by atoms with van der Waals surface area (Å²) in [6.07, 6.45) is 0.